The molecule has 1 fully saturated rings. The van der Waals surface area contributed by atoms with Crippen molar-refractivity contribution in [3.8, 4) is 0 Å². The molecule has 10 nitrogen and oxygen atoms in total. The fourth-order valence-corrected chi connectivity index (χ4v) is 4.56. The number of carbonyl (C=O) groups is 3. The maximum absolute atomic E-state index is 13.2. The number of carbonyl (C=O) groups excluding carboxylic acids is 3. The van der Waals surface area contributed by atoms with E-state index in [2.05, 4.69) is 20.1 Å². The third-order valence-corrected chi connectivity index (χ3v) is 6.33. The molecule has 1 aliphatic heterocycles. The lowest BCUT2D eigenvalue weighted by Crippen LogP contribution is -2.49. The maximum atomic E-state index is 13.2. The standard InChI is InChI=1S/C21H25F3N6O4S/c22-21(23,24)19(33)34-30-10-4-5-12(11-30)17(32)28-14(7-3-9-27-20(25)26)16(31)18-29-13-6-1-2-8-15(13)35-18/h1-2,6,8,12,14H,3-5,7,9-11H2,(H,28,32)(H4,25,26,27)/t12-,14-/m0/s1. The van der Waals surface area contributed by atoms with E-state index in [0.717, 1.165) is 9.76 Å². The predicted octanol–water partition coefficient (Wildman–Crippen LogP) is 1.75. The second-order valence-corrected chi connectivity index (χ2v) is 9.00. The quantitative estimate of drug-likeness (QED) is 0.198. The zero-order chi connectivity index (χ0) is 25.6. The summed E-state index contributed by atoms with van der Waals surface area (Å²) in [5.41, 5.74) is 11.3. The van der Waals surface area contributed by atoms with E-state index in [0.29, 0.717) is 24.8 Å². The molecule has 1 amide bonds. The van der Waals surface area contributed by atoms with E-state index in [9.17, 15) is 27.6 Å². The molecule has 2 atom stereocenters. The van der Waals surface area contributed by atoms with Crippen LogP contribution in [-0.2, 0) is 14.4 Å². The molecule has 1 aliphatic rings. The van der Waals surface area contributed by atoms with Crippen LogP contribution in [-0.4, -0.2) is 65.5 Å². The van der Waals surface area contributed by atoms with Crippen LogP contribution in [0.1, 0.15) is 35.5 Å². The number of nitrogens with zero attached hydrogens (tertiary/aromatic N) is 3. The molecule has 0 bridgehead atoms. The highest BCUT2D eigenvalue weighted by atomic mass is 32.1. The number of hydrogen-bond acceptors (Lipinski definition) is 8. The highest BCUT2D eigenvalue weighted by molar-refractivity contribution is 7.20. The lowest BCUT2D eigenvalue weighted by molar-refractivity contribution is -0.243. The van der Waals surface area contributed by atoms with Crippen molar-refractivity contribution in [2.24, 2.45) is 22.4 Å². The minimum atomic E-state index is -5.14. The summed E-state index contributed by atoms with van der Waals surface area (Å²) in [7, 11) is 0. The summed E-state index contributed by atoms with van der Waals surface area (Å²) in [6.45, 7) is 0.0916. The fourth-order valence-electron chi connectivity index (χ4n) is 3.60. The first-order chi connectivity index (χ1) is 16.5. The number of aliphatic imine (C=N–C) groups is 1. The molecule has 2 aromatic rings. The molecular weight excluding hydrogens is 489 g/mol. The fraction of sp³-hybridized carbons (Fsp3) is 0.476. The Morgan fingerprint density at radius 3 is 2.71 bits per heavy atom. The van der Waals surface area contributed by atoms with Crippen molar-refractivity contribution in [1.29, 1.82) is 0 Å². The van der Waals surface area contributed by atoms with Crippen LogP contribution in [0.15, 0.2) is 29.3 Å². The zero-order valence-corrected chi connectivity index (χ0v) is 19.4. The molecule has 0 unspecified atom stereocenters. The van der Waals surface area contributed by atoms with Crippen molar-refractivity contribution in [2.75, 3.05) is 19.6 Å². The number of nitrogens with two attached hydrogens (primary N) is 2. The Balaban J connectivity index is 1.69. The van der Waals surface area contributed by atoms with Gasteiger partial charge in [-0.3, -0.25) is 14.6 Å². The molecule has 5 N–H and O–H groups in total. The number of hydroxylamine groups is 2. The number of alkyl halides is 3. The first kappa shape index (κ1) is 26.3. The van der Waals surface area contributed by atoms with Gasteiger partial charge in [0.25, 0.3) is 0 Å². The highest BCUT2D eigenvalue weighted by Gasteiger charge is 2.43. The van der Waals surface area contributed by atoms with Crippen molar-refractivity contribution in [3.63, 3.8) is 0 Å². The van der Waals surface area contributed by atoms with E-state index in [1.165, 1.54) is 11.3 Å². The number of rotatable bonds is 9. The topological polar surface area (TPSA) is 153 Å². The van der Waals surface area contributed by atoms with E-state index >= 15 is 0 Å². The number of guanidine groups is 1. The van der Waals surface area contributed by atoms with Gasteiger partial charge in [0, 0.05) is 19.6 Å². The molecule has 0 aliphatic carbocycles. The number of ketones is 1. The Morgan fingerprint density at radius 1 is 1.29 bits per heavy atom. The second-order valence-electron chi connectivity index (χ2n) is 7.96. The molecule has 2 heterocycles. The van der Waals surface area contributed by atoms with Gasteiger partial charge in [0.2, 0.25) is 11.7 Å². The van der Waals surface area contributed by atoms with Crippen LogP contribution >= 0.6 is 11.3 Å². The number of piperidine rings is 1. The lowest BCUT2D eigenvalue weighted by atomic mass is 9.97. The van der Waals surface area contributed by atoms with Crippen LogP contribution in [0.4, 0.5) is 13.2 Å². The number of fused-ring (bicyclic) bond motifs is 1. The number of benzene rings is 1. The van der Waals surface area contributed by atoms with Gasteiger partial charge in [0.1, 0.15) is 0 Å². The van der Waals surface area contributed by atoms with Crippen molar-refractivity contribution in [2.45, 2.75) is 37.9 Å². The van der Waals surface area contributed by atoms with Crippen LogP contribution in [0.3, 0.4) is 0 Å². The summed E-state index contributed by atoms with van der Waals surface area (Å²) in [4.78, 5) is 49.9. The van der Waals surface area contributed by atoms with Gasteiger partial charge in [-0.1, -0.05) is 12.1 Å². The number of hydrogen-bond donors (Lipinski definition) is 3. The van der Waals surface area contributed by atoms with Gasteiger partial charge < -0.3 is 21.6 Å². The number of halogens is 3. The Hall–Kier alpha value is -3.26. The third kappa shape index (κ3) is 7.36. The summed E-state index contributed by atoms with van der Waals surface area (Å²) >= 11 is 1.20. The largest absolute Gasteiger partial charge is 0.492 e. The highest BCUT2D eigenvalue weighted by Crippen LogP contribution is 2.25. The van der Waals surface area contributed by atoms with E-state index in [1.54, 1.807) is 12.1 Å². The van der Waals surface area contributed by atoms with Gasteiger partial charge in [0.15, 0.2) is 11.0 Å². The third-order valence-electron chi connectivity index (χ3n) is 5.28. The van der Waals surface area contributed by atoms with Crippen LogP contribution in [0.2, 0.25) is 0 Å². The molecule has 35 heavy (non-hydrogen) atoms. The van der Waals surface area contributed by atoms with Gasteiger partial charge in [-0.2, -0.15) is 13.2 Å². The number of para-hydroxylation sites is 1. The van der Waals surface area contributed by atoms with Gasteiger partial charge in [0.05, 0.1) is 22.2 Å². The number of Topliss-reactive ketones (excluding diaryl/α,β-unsaturated/α-hetero) is 1. The Bertz CT molecular complexity index is 1070. The lowest BCUT2D eigenvalue weighted by Gasteiger charge is -2.31. The van der Waals surface area contributed by atoms with Gasteiger partial charge >= 0.3 is 12.1 Å². The molecular formula is C21H25F3N6O4S. The normalized spacial score (nSPS) is 17.5. The molecule has 14 heteroatoms. The Morgan fingerprint density at radius 2 is 2.03 bits per heavy atom. The van der Waals surface area contributed by atoms with E-state index in [-0.39, 0.29) is 42.8 Å². The second kappa shape index (κ2) is 11.4. The average Bonchev–Trinajstić information content (AvgIpc) is 3.24. The van der Waals surface area contributed by atoms with E-state index in [4.69, 9.17) is 11.5 Å². The van der Waals surface area contributed by atoms with Gasteiger partial charge in [-0.15, -0.1) is 16.4 Å². The Labute approximate surface area is 202 Å². The summed E-state index contributed by atoms with van der Waals surface area (Å²) in [6.07, 6.45) is -3.83. The molecule has 0 spiro atoms. The first-order valence-corrected chi connectivity index (χ1v) is 11.7. The SMILES string of the molecule is NC(N)=NCCC[C@H](NC(=O)[C@H]1CCCN(OC(=O)C(F)(F)F)C1)C(=O)c1nc2ccccc2s1. The van der Waals surface area contributed by atoms with Crippen LogP contribution < -0.4 is 16.8 Å². The average molecular weight is 515 g/mol. The molecule has 1 aromatic heterocycles. The molecule has 190 valence electrons. The van der Waals surface area contributed by atoms with E-state index in [1.807, 2.05) is 12.1 Å². The molecule has 0 saturated carbocycles. The number of nitrogens with one attached hydrogen (secondary N) is 1. The Kier molecular flexibility index (Phi) is 8.62. The summed E-state index contributed by atoms with van der Waals surface area (Å²) in [5, 5.41) is 3.75. The zero-order valence-electron chi connectivity index (χ0n) is 18.6. The van der Waals surface area contributed by atoms with E-state index < -0.39 is 30.0 Å². The molecule has 1 saturated heterocycles. The predicted molar refractivity (Wildman–Crippen MR) is 122 cm³/mol. The van der Waals surface area contributed by atoms with Crippen molar-refractivity contribution >= 4 is 45.2 Å². The molecule has 1 aromatic carbocycles. The summed E-state index contributed by atoms with van der Waals surface area (Å²) in [6, 6.07) is 6.28. The monoisotopic (exact) mass is 514 g/mol. The minimum absolute atomic E-state index is 0.0676. The van der Waals surface area contributed by atoms with Gasteiger partial charge in [-0.25, -0.2) is 9.78 Å². The van der Waals surface area contributed by atoms with Crippen molar-refractivity contribution in [1.82, 2.24) is 15.4 Å². The van der Waals surface area contributed by atoms with Crippen LogP contribution in [0.25, 0.3) is 10.2 Å². The summed E-state index contributed by atoms with van der Waals surface area (Å²) in [5.74, 6) is -4.13. The maximum Gasteiger partial charge on any atom is 0.492 e. The number of thiazole rings is 1. The minimum Gasteiger partial charge on any atom is -0.370 e. The number of amides is 1. The smallest absolute Gasteiger partial charge is 0.370 e. The molecule has 0 radical (unpaired) electrons. The number of aromatic nitrogens is 1. The van der Waals surface area contributed by atoms with Crippen molar-refractivity contribution in [3.05, 3.63) is 29.3 Å². The van der Waals surface area contributed by atoms with Crippen LogP contribution in [0, 0.1) is 5.92 Å². The van der Waals surface area contributed by atoms with Crippen LogP contribution in [0.5, 0.6) is 0 Å². The molecule has 3 rings (SSSR count). The summed E-state index contributed by atoms with van der Waals surface area (Å²) < 4.78 is 38.3. The van der Waals surface area contributed by atoms with Crippen molar-refractivity contribution < 1.29 is 32.4 Å². The first-order valence-electron chi connectivity index (χ1n) is 10.8. The van der Waals surface area contributed by atoms with Gasteiger partial charge in [-0.05, 0) is 37.8 Å².